The summed E-state index contributed by atoms with van der Waals surface area (Å²) in [6.45, 7) is 0.294. The van der Waals surface area contributed by atoms with E-state index in [2.05, 4.69) is 72.8 Å². The van der Waals surface area contributed by atoms with Crippen LogP contribution in [0.25, 0.3) is 0 Å². The first-order valence-corrected chi connectivity index (χ1v) is 12.4. The summed E-state index contributed by atoms with van der Waals surface area (Å²) in [5, 5.41) is 3.62. The van der Waals surface area contributed by atoms with Gasteiger partial charge in [-0.3, -0.25) is 0 Å². The van der Waals surface area contributed by atoms with E-state index in [1.54, 1.807) is 0 Å². The SMILES string of the molecule is O=[13C]([13CH2][PH](c1ccccc1)(c1ccccc1)c1ccccc1)OCc1ccccc1. The van der Waals surface area contributed by atoms with Crippen LogP contribution in [0.1, 0.15) is 5.56 Å². The molecular formula is C27H25O2P. The van der Waals surface area contributed by atoms with E-state index in [-0.39, 0.29) is 5.97 Å². The molecule has 0 N–H and O–H groups in total. The van der Waals surface area contributed by atoms with Crippen molar-refractivity contribution in [1.29, 1.82) is 0 Å². The minimum absolute atomic E-state index is 0.165. The number of esters is 1. The van der Waals surface area contributed by atoms with Crippen LogP contribution >= 0.6 is 7.26 Å². The Morgan fingerprint density at radius 3 is 1.33 bits per heavy atom. The van der Waals surface area contributed by atoms with Gasteiger partial charge in [0, 0.05) is 0 Å². The van der Waals surface area contributed by atoms with Gasteiger partial charge in [-0.25, -0.2) is 0 Å². The van der Waals surface area contributed by atoms with Gasteiger partial charge in [0.15, 0.2) is 0 Å². The summed E-state index contributed by atoms with van der Waals surface area (Å²) in [5.74, 6) is -0.165. The number of hydrogen-bond donors (Lipinski definition) is 0. The fourth-order valence-corrected chi connectivity index (χ4v) is 8.41. The number of rotatable bonds is 7. The molecule has 0 bridgehead atoms. The quantitative estimate of drug-likeness (QED) is 0.254. The summed E-state index contributed by atoms with van der Waals surface area (Å²) in [6.07, 6.45) is 0.359. The summed E-state index contributed by atoms with van der Waals surface area (Å²) in [5.41, 5.74) is 0.997. The van der Waals surface area contributed by atoms with Crippen molar-refractivity contribution in [2.45, 2.75) is 6.61 Å². The Morgan fingerprint density at radius 1 is 0.567 bits per heavy atom. The van der Waals surface area contributed by atoms with Crippen LogP contribution in [0.5, 0.6) is 0 Å². The minimum atomic E-state index is -2.60. The maximum atomic E-state index is 13.2. The molecule has 0 atom stereocenters. The number of carbonyl (C=O) groups is 1. The van der Waals surface area contributed by atoms with Crippen molar-refractivity contribution in [3.05, 3.63) is 127 Å². The second-order valence-corrected chi connectivity index (χ2v) is 11.2. The number of ether oxygens (including phenoxy) is 1. The van der Waals surface area contributed by atoms with Crippen LogP contribution < -0.4 is 15.9 Å². The van der Waals surface area contributed by atoms with Crippen molar-refractivity contribution in [2.24, 2.45) is 0 Å². The molecule has 0 fully saturated rings. The molecule has 0 heterocycles. The van der Waals surface area contributed by atoms with Crippen LogP contribution in [0.3, 0.4) is 0 Å². The number of hydrogen-bond acceptors (Lipinski definition) is 2. The normalized spacial score (nSPS) is 11.6. The molecule has 3 heteroatoms. The average molecular weight is 414 g/mol. The zero-order valence-electron chi connectivity index (χ0n) is 16.8. The van der Waals surface area contributed by atoms with Crippen molar-refractivity contribution >= 4 is 29.1 Å². The van der Waals surface area contributed by atoms with E-state index in [4.69, 9.17) is 4.74 Å². The molecule has 0 aliphatic carbocycles. The van der Waals surface area contributed by atoms with Gasteiger partial charge in [0.1, 0.15) is 0 Å². The van der Waals surface area contributed by atoms with Gasteiger partial charge in [-0.15, -0.1) is 0 Å². The van der Waals surface area contributed by atoms with Gasteiger partial charge in [0.05, 0.1) is 0 Å². The molecular weight excluding hydrogens is 389 g/mol. The van der Waals surface area contributed by atoms with Gasteiger partial charge >= 0.3 is 178 Å². The van der Waals surface area contributed by atoms with Gasteiger partial charge in [-0.05, 0) is 0 Å². The summed E-state index contributed by atoms with van der Waals surface area (Å²) in [7, 11) is -2.60. The second-order valence-electron chi connectivity index (χ2n) is 7.33. The van der Waals surface area contributed by atoms with Crippen LogP contribution in [0.4, 0.5) is 0 Å². The molecule has 4 aromatic carbocycles. The Bertz CT molecular complexity index is 968. The molecule has 150 valence electrons. The molecule has 4 rings (SSSR count). The standard InChI is InChI=1S/C27H25O2P/c28-27(29-21-23-13-5-1-6-14-23)22-30(24-15-7-2-8-16-24,25-17-9-3-10-18-25)26-19-11-4-12-20-26/h1-20,30H,21-22H2/i22+1,27+1. The Balaban J connectivity index is 1.76. The Kier molecular flexibility index (Phi) is 6.37. The van der Waals surface area contributed by atoms with E-state index in [1.165, 1.54) is 15.9 Å². The second kappa shape index (κ2) is 9.52. The third-order valence-electron chi connectivity index (χ3n) is 5.45. The van der Waals surface area contributed by atoms with Crippen LogP contribution in [0.2, 0.25) is 0 Å². The summed E-state index contributed by atoms with van der Waals surface area (Å²) < 4.78 is 5.74. The fourth-order valence-electron chi connectivity index (χ4n) is 3.98. The topological polar surface area (TPSA) is 26.3 Å². The fraction of sp³-hybridized carbons (Fsp3) is 0.0741. The van der Waals surface area contributed by atoms with E-state index in [1.807, 2.05) is 48.5 Å². The Hall–Kier alpha value is -3.22. The van der Waals surface area contributed by atoms with Gasteiger partial charge in [-0.1, -0.05) is 0 Å². The zero-order chi connectivity index (χ0) is 20.7. The molecule has 30 heavy (non-hydrogen) atoms. The van der Waals surface area contributed by atoms with Crippen LogP contribution in [0.15, 0.2) is 121 Å². The van der Waals surface area contributed by atoms with Gasteiger partial charge in [-0.2, -0.15) is 0 Å². The third kappa shape index (κ3) is 4.35. The van der Waals surface area contributed by atoms with E-state index >= 15 is 0 Å². The first-order chi connectivity index (χ1) is 14.8. The maximum absolute atomic E-state index is 13.2. The van der Waals surface area contributed by atoms with Gasteiger partial charge < -0.3 is 0 Å². The van der Waals surface area contributed by atoms with Crippen LogP contribution in [0, 0.1) is 0 Å². The van der Waals surface area contributed by atoms with Crippen molar-refractivity contribution < 1.29 is 9.53 Å². The predicted octanol–water partition coefficient (Wildman–Crippen LogP) is 4.46. The van der Waals surface area contributed by atoms with E-state index < -0.39 is 7.26 Å². The summed E-state index contributed by atoms with van der Waals surface area (Å²) >= 11 is 0. The first kappa shape index (κ1) is 20.1. The van der Waals surface area contributed by atoms with Gasteiger partial charge in [0.2, 0.25) is 0 Å². The molecule has 0 aliphatic heterocycles. The monoisotopic (exact) mass is 414 g/mol. The molecule has 0 unspecified atom stereocenters. The molecule has 4 aromatic rings. The molecule has 0 radical (unpaired) electrons. The molecule has 0 saturated carbocycles. The van der Waals surface area contributed by atoms with Crippen molar-refractivity contribution in [3.8, 4) is 0 Å². The van der Waals surface area contributed by atoms with Crippen molar-refractivity contribution in [1.82, 2.24) is 0 Å². The first-order valence-electron chi connectivity index (χ1n) is 10.2. The number of carbonyl (C=O) groups excluding carboxylic acids is 1. The van der Waals surface area contributed by atoms with E-state index in [9.17, 15) is 4.79 Å². The number of benzene rings is 4. The zero-order valence-corrected chi connectivity index (χ0v) is 17.8. The molecule has 0 aromatic heterocycles. The van der Waals surface area contributed by atoms with Crippen molar-refractivity contribution in [3.63, 3.8) is 0 Å². The summed E-state index contributed by atoms with van der Waals surface area (Å²) in [4.78, 5) is 13.2. The average Bonchev–Trinajstić information content (AvgIpc) is 2.83. The Labute approximate surface area is 178 Å². The molecule has 0 aliphatic rings. The predicted molar refractivity (Wildman–Crippen MR) is 128 cm³/mol. The molecule has 0 spiro atoms. The van der Waals surface area contributed by atoms with Crippen molar-refractivity contribution in [2.75, 3.05) is 6.16 Å². The molecule has 0 saturated heterocycles. The van der Waals surface area contributed by atoms with Crippen LogP contribution in [-0.2, 0) is 16.1 Å². The van der Waals surface area contributed by atoms with E-state index in [0.29, 0.717) is 12.8 Å². The Morgan fingerprint density at radius 2 is 0.933 bits per heavy atom. The molecule has 0 amide bonds. The third-order valence-corrected chi connectivity index (χ3v) is 10.2. The van der Waals surface area contributed by atoms with E-state index in [0.717, 1.165) is 5.56 Å². The molecule has 2 nitrogen and oxygen atoms in total. The summed E-state index contributed by atoms with van der Waals surface area (Å²) in [6, 6.07) is 41.1. The van der Waals surface area contributed by atoms with Gasteiger partial charge in [0.25, 0.3) is 0 Å². The van der Waals surface area contributed by atoms with Crippen LogP contribution in [-0.4, -0.2) is 12.1 Å².